The van der Waals surface area contributed by atoms with Crippen molar-refractivity contribution >= 4 is 17.0 Å². The summed E-state index contributed by atoms with van der Waals surface area (Å²) in [6.07, 6.45) is 3.31. The van der Waals surface area contributed by atoms with Crippen molar-refractivity contribution in [1.82, 2.24) is 24.2 Å². The maximum Gasteiger partial charge on any atom is 0.259 e. The largest absolute Gasteiger partial charge is 0.413 e. The zero-order chi connectivity index (χ0) is 18.3. The molecule has 0 saturated heterocycles. The highest BCUT2D eigenvalue weighted by Gasteiger charge is 2.18. The first-order valence-electron chi connectivity index (χ1n) is 7.91. The Labute approximate surface area is 148 Å². The molecule has 4 rings (SSSR count). The molecule has 0 aliphatic carbocycles. The molecule has 0 bridgehead atoms. The smallest absolute Gasteiger partial charge is 0.259 e. The van der Waals surface area contributed by atoms with Gasteiger partial charge < -0.3 is 15.1 Å². The van der Waals surface area contributed by atoms with Crippen molar-refractivity contribution in [3.63, 3.8) is 0 Å². The van der Waals surface area contributed by atoms with Gasteiger partial charge in [-0.25, -0.2) is 15.0 Å². The van der Waals surface area contributed by atoms with Crippen molar-refractivity contribution in [3.05, 3.63) is 59.1 Å². The molecule has 0 atom stereocenters. The number of rotatable bonds is 3. The fourth-order valence-corrected chi connectivity index (χ4v) is 2.83. The molecule has 4 aromatic rings. The maximum atomic E-state index is 12.4. The second-order valence-electron chi connectivity index (χ2n) is 5.73. The standard InChI is InChI=1S/C18H16N6O2/c1-23-10-4-6-11(18(23)25)13-7-8-14-17(21-13)24(26-2)16(22-14)12-5-3-9-20-15(12)19/h3-10H,1-2H3,(H2,19,20). The molecule has 0 saturated carbocycles. The number of nitrogen functional groups attached to an aromatic ring is 1. The van der Waals surface area contributed by atoms with Gasteiger partial charge in [-0.1, -0.05) is 0 Å². The van der Waals surface area contributed by atoms with Crippen LogP contribution in [0.5, 0.6) is 0 Å². The molecule has 26 heavy (non-hydrogen) atoms. The Hall–Kier alpha value is -3.68. The number of aromatic nitrogens is 5. The zero-order valence-electron chi connectivity index (χ0n) is 14.2. The molecule has 4 aromatic heterocycles. The fourth-order valence-electron chi connectivity index (χ4n) is 2.83. The van der Waals surface area contributed by atoms with E-state index in [2.05, 4.69) is 15.0 Å². The Balaban J connectivity index is 1.96. The van der Waals surface area contributed by atoms with Crippen molar-refractivity contribution in [3.8, 4) is 22.6 Å². The number of imidazole rings is 1. The molecule has 8 nitrogen and oxygen atoms in total. The molecule has 0 aliphatic rings. The Kier molecular flexibility index (Phi) is 3.65. The minimum Gasteiger partial charge on any atom is -0.413 e. The van der Waals surface area contributed by atoms with E-state index in [4.69, 9.17) is 10.6 Å². The monoisotopic (exact) mass is 348 g/mol. The van der Waals surface area contributed by atoms with Crippen molar-refractivity contribution in [1.29, 1.82) is 0 Å². The molecular formula is C18H16N6O2. The van der Waals surface area contributed by atoms with E-state index < -0.39 is 0 Å². The number of anilines is 1. The van der Waals surface area contributed by atoms with E-state index in [9.17, 15) is 4.79 Å². The first-order valence-corrected chi connectivity index (χ1v) is 7.91. The predicted molar refractivity (Wildman–Crippen MR) is 98.4 cm³/mol. The van der Waals surface area contributed by atoms with E-state index in [-0.39, 0.29) is 5.56 Å². The Morgan fingerprint density at radius 2 is 1.88 bits per heavy atom. The molecular weight excluding hydrogens is 332 g/mol. The van der Waals surface area contributed by atoms with Gasteiger partial charge in [-0.3, -0.25) is 4.79 Å². The number of fused-ring (bicyclic) bond motifs is 1. The van der Waals surface area contributed by atoms with E-state index in [0.717, 1.165) is 0 Å². The quantitative estimate of drug-likeness (QED) is 0.602. The summed E-state index contributed by atoms with van der Waals surface area (Å²) in [7, 11) is 3.22. The molecule has 0 fully saturated rings. The number of aryl methyl sites for hydroxylation is 1. The van der Waals surface area contributed by atoms with Crippen LogP contribution in [0.15, 0.2) is 53.6 Å². The number of nitrogens with zero attached hydrogens (tertiary/aromatic N) is 5. The second-order valence-corrected chi connectivity index (χ2v) is 5.73. The first-order chi connectivity index (χ1) is 12.6. The van der Waals surface area contributed by atoms with E-state index >= 15 is 0 Å². The van der Waals surface area contributed by atoms with Gasteiger partial charge in [-0.15, -0.1) is 4.73 Å². The minimum atomic E-state index is -0.125. The highest BCUT2D eigenvalue weighted by atomic mass is 16.6. The fraction of sp³-hybridized carbons (Fsp3) is 0.111. The molecule has 0 amide bonds. The molecule has 130 valence electrons. The number of nitrogens with two attached hydrogens (primary N) is 1. The van der Waals surface area contributed by atoms with Gasteiger partial charge in [0.1, 0.15) is 18.4 Å². The molecule has 4 heterocycles. The first kappa shape index (κ1) is 15.8. The van der Waals surface area contributed by atoms with Crippen LogP contribution >= 0.6 is 0 Å². The molecule has 0 radical (unpaired) electrons. The Bertz CT molecular complexity index is 1180. The lowest BCUT2D eigenvalue weighted by Crippen LogP contribution is -2.17. The lowest BCUT2D eigenvalue weighted by Gasteiger charge is -2.08. The van der Waals surface area contributed by atoms with E-state index in [1.54, 1.807) is 49.8 Å². The molecule has 2 N–H and O–H groups in total. The van der Waals surface area contributed by atoms with Crippen LogP contribution in [-0.4, -0.2) is 31.4 Å². The molecule has 8 heteroatoms. The molecule has 0 aromatic carbocycles. The minimum absolute atomic E-state index is 0.125. The number of hydrogen-bond acceptors (Lipinski definition) is 6. The van der Waals surface area contributed by atoms with Gasteiger partial charge in [-0.05, 0) is 36.4 Å². The number of pyridine rings is 3. The Morgan fingerprint density at radius 3 is 2.65 bits per heavy atom. The lowest BCUT2D eigenvalue weighted by molar-refractivity contribution is 0.180. The van der Waals surface area contributed by atoms with Crippen LogP contribution in [-0.2, 0) is 7.05 Å². The highest BCUT2D eigenvalue weighted by molar-refractivity contribution is 5.81. The van der Waals surface area contributed by atoms with Crippen molar-refractivity contribution in [2.45, 2.75) is 0 Å². The van der Waals surface area contributed by atoms with Gasteiger partial charge in [0, 0.05) is 19.4 Å². The van der Waals surface area contributed by atoms with E-state index in [0.29, 0.717) is 39.6 Å². The lowest BCUT2D eigenvalue weighted by atomic mass is 10.2. The van der Waals surface area contributed by atoms with Gasteiger partial charge in [-0.2, -0.15) is 0 Å². The summed E-state index contributed by atoms with van der Waals surface area (Å²) in [6, 6.07) is 10.7. The topological polar surface area (TPSA) is 101 Å². The predicted octanol–water partition coefficient (Wildman–Crippen LogP) is 1.50. The summed E-state index contributed by atoms with van der Waals surface area (Å²) in [5, 5.41) is 0. The SMILES string of the molecule is COn1c(-c2cccnc2N)nc2ccc(-c3cccn(C)c3=O)nc21. The van der Waals surface area contributed by atoms with Gasteiger partial charge >= 0.3 is 0 Å². The third kappa shape index (κ3) is 2.39. The van der Waals surface area contributed by atoms with Crippen LogP contribution in [0.25, 0.3) is 33.8 Å². The van der Waals surface area contributed by atoms with Crippen LogP contribution < -0.4 is 16.1 Å². The van der Waals surface area contributed by atoms with Crippen LogP contribution in [0.3, 0.4) is 0 Å². The van der Waals surface area contributed by atoms with Crippen LogP contribution in [0, 0.1) is 0 Å². The summed E-state index contributed by atoms with van der Waals surface area (Å²) in [6.45, 7) is 0. The van der Waals surface area contributed by atoms with Gasteiger partial charge in [0.05, 0.1) is 16.8 Å². The van der Waals surface area contributed by atoms with Crippen molar-refractivity contribution < 1.29 is 4.84 Å². The average Bonchev–Trinajstić information content (AvgIpc) is 3.01. The summed E-state index contributed by atoms with van der Waals surface area (Å²) in [5.74, 6) is 0.844. The summed E-state index contributed by atoms with van der Waals surface area (Å²) < 4.78 is 3.00. The summed E-state index contributed by atoms with van der Waals surface area (Å²) in [4.78, 5) is 31.1. The van der Waals surface area contributed by atoms with Crippen LogP contribution in [0.4, 0.5) is 5.82 Å². The highest BCUT2D eigenvalue weighted by Crippen LogP contribution is 2.27. The Morgan fingerprint density at radius 1 is 1.08 bits per heavy atom. The molecule has 0 unspecified atom stereocenters. The second kappa shape index (κ2) is 5.99. The third-order valence-corrected chi connectivity index (χ3v) is 4.13. The summed E-state index contributed by atoms with van der Waals surface area (Å²) in [5.41, 5.74) is 8.66. The third-order valence-electron chi connectivity index (χ3n) is 4.13. The normalized spacial score (nSPS) is 11.0. The van der Waals surface area contributed by atoms with Crippen LogP contribution in [0.1, 0.15) is 0 Å². The van der Waals surface area contributed by atoms with Crippen LogP contribution in [0.2, 0.25) is 0 Å². The summed E-state index contributed by atoms with van der Waals surface area (Å²) >= 11 is 0. The van der Waals surface area contributed by atoms with Gasteiger partial charge in [0.2, 0.25) is 0 Å². The molecule has 0 aliphatic heterocycles. The van der Waals surface area contributed by atoms with Gasteiger partial charge in [0.25, 0.3) is 5.56 Å². The van der Waals surface area contributed by atoms with Crippen molar-refractivity contribution in [2.75, 3.05) is 12.8 Å². The zero-order valence-corrected chi connectivity index (χ0v) is 14.2. The average molecular weight is 348 g/mol. The van der Waals surface area contributed by atoms with E-state index in [1.165, 1.54) is 16.4 Å². The van der Waals surface area contributed by atoms with Gasteiger partial charge in [0.15, 0.2) is 11.5 Å². The molecule has 0 spiro atoms. The maximum absolute atomic E-state index is 12.4. The van der Waals surface area contributed by atoms with E-state index in [1.807, 2.05) is 6.07 Å². The number of hydrogen-bond donors (Lipinski definition) is 1. The van der Waals surface area contributed by atoms with Crippen molar-refractivity contribution in [2.24, 2.45) is 7.05 Å².